The average molecular weight is 329 g/mol. The Morgan fingerprint density at radius 1 is 1.29 bits per heavy atom. The molecule has 0 amide bonds. The number of benzene rings is 1. The lowest BCUT2D eigenvalue weighted by molar-refractivity contribution is -0.139. The second kappa shape index (κ2) is 5.20. The highest BCUT2D eigenvalue weighted by Gasteiger charge is 2.33. The summed E-state index contributed by atoms with van der Waals surface area (Å²) in [4.78, 5) is 0.119. The quantitative estimate of drug-likeness (QED) is 0.833. The summed E-state index contributed by atoms with van der Waals surface area (Å²) in [6, 6.07) is 3.81. The van der Waals surface area contributed by atoms with Gasteiger partial charge in [0.05, 0.1) is 11.2 Å². The van der Waals surface area contributed by atoms with Crippen LogP contribution in [0.25, 0.3) is 0 Å². The van der Waals surface area contributed by atoms with E-state index in [0.29, 0.717) is 4.47 Å². The predicted molar refractivity (Wildman–Crippen MR) is 66.2 cm³/mol. The third-order valence-electron chi connectivity index (χ3n) is 1.83. The van der Waals surface area contributed by atoms with Crippen LogP contribution in [0.3, 0.4) is 0 Å². The fourth-order valence-electron chi connectivity index (χ4n) is 1.10. The molecule has 0 heterocycles. The summed E-state index contributed by atoms with van der Waals surface area (Å²) in [5, 5.41) is 9.53. The number of aliphatic hydroxyl groups is 1. The van der Waals surface area contributed by atoms with Gasteiger partial charge in [-0.3, -0.25) is 0 Å². The van der Waals surface area contributed by atoms with Crippen LogP contribution >= 0.6 is 27.7 Å². The van der Waals surface area contributed by atoms with Gasteiger partial charge < -0.3 is 5.11 Å². The van der Waals surface area contributed by atoms with Crippen molar-refractivity contribution in [3.8, 4) is 0 Å². The van der Waals surface area contributed by atoms with Gasteiger partial charge in [0.1, 0.15) is 0 Å². The largest absolute Gasteiger partial charge is 0.417 e. The van der Waals surface area contributed by atoms with Crippen LogP contribution in [0.5, 0.6) is 0 Å². The molecule has 0 bridgehead atoms. The lowest BCUT2D eigenvalue weighted by Gasteiger charge is -2.18. The van der Waals surface area contributed by atoms with Gasteiger partial charge in [-0.15, -0.1) is 11.8 Å². The van der Waals surface area contributed by atoms with Crippen LogP contribution in [0.2, 0.25) is 0 Å². The fourth-order valence-corrected chi connectivity index (χ4v) is 2.68. The highest BCUT2D eigenvalue weighted by molar-refractivity contribution is 9.10. The molecule has 0 unspecified atom stereocenters. The SMILES string of the molecule is CC(C)(O)CSc1cc(Br)ccc1C(F)(F)F. The average Bonchev–Trinajstić information content (AvgIpc) is 2.11. The second-order valence-corrected chi connectivity index (χ2v) is 6.17. The molecule has 1 N–H and O–H groups in total. The predicted octanol–water partition coefficient (Wildman–Crippen LogP) is 4.33. The summed E-state index contributed by atoms with van der Waals surface area (Å²) >= 11 is 4.14. The van der Waals surface area contributed by atoms with Gasteiger partial charge >= 0.3 is 6.18 Å². The zero-order valence-corrected chi connectivity index (χ0v) is 11.7. The van der Waals surface area contributed by atoms with Crippen LogP contribution in [0.4, 0.5) is 13.2 Å². The first-order valence-corrected chi connectivity index (χ1v) is 6.59. The van der Waals surface area contributed by atoms with E-state index in [1.54, 1.807) is 13.8 Å². The van der Waals surface area contributed by atoms with Crippen LogP contribution < -0.4 is 0 Å². The van der Waals surface area contributed by atoms with Gasteiger partial charge in [0.25, 0.3) is 0 Å². The third kappa shape index (κ3) is 4.89. The Kier molecular flexibility index (Phi) is 4.54. The number of rotatable bonds is 3. The lowest BCUT2D eigenvalue weighted by Crippen LogP contribution is -2.22. The van der Waals surface area contributed by atoms with Gasteiger partial charge in [-0.2, -0.15) is 13.2 Å². The molecule has 0 saturated carbocycles. The van der Waals surface area contributed by atoms with Crippen molar-refractivity contribution < 1.29 is 18.3 Å². The number of hydrogen-bond donors (Lipinski definition) is 1. The molecule has 96 valence electrons. The number of thioether (sulfide) groups is 1. The van der Waals surface area contributed by atoms with E-state index in [1.807, 2.05) is 0 Å². The van der Waals surface area contributed by atoms with Gasteiger partial charge in [-0.05, 0) is 32.0 Å². The summed E-state index contributed by atoms with van der Waals surface area (Å²) in [7, 11) is 0. The molecule has 0 aromatic heterocycles. The Balaban J connectivity index is 3.00. The Hall–Kier alpha value is -0.200. The van der Waals surface area contributed by atoms with Gasteiger partial charge in [-0.1, -0.05) is 15.9 Å². The number of halogens is 4. The molecular formula is C11H12BrF3OS. The van der Waals surface area contributed by atoms with Crippen LogP contribution in [-0.4, -0.2) is 16.5 Å². The molecule has 1 rings (SSSR count). The minimum atomic E-state index is -4.37. The maximum Gasteiger partial charge on any atom is 0.417 e. The van der Waals surface area contributed by atoms with Crippen molar-refractivity contribution in [2.45, 2.75) is 30.5 Å². The molecule has 0 fully saturated rings. The van der Waals surface area contributed by atoms with Gasteiger partial charge in [-0.25, -0.2) is 0 Å². The van der Waals surface area contributed by atoms with Crippen LogP contribution in [0, 0.1) is 0 Å². The van der Waals surface area contributed by atoms with Gasteiger partial charge in [0.2, 0.25) is 0 Å². The van der Waals surface area contributed by atoms with E-state index >= 15 is 0 Å². The molecular weight excluding hydrogens is 317 g/mol. The van der Waals surface area contributed by atoms with E-state index in [1.165, 1.54) is 12.1 Å². The van der Waals surface area contributed by atoms with Gasteiger partial charge in [0, 0.05) is 15.1 Å². The highest BCUT2D eigenvalue weighted by Crippen LogP contribution is 2.38. The second-order valence-electron chi connectivity index (χ2n) is 4.24. The Morgan fingerprint density at radius 2 is 1.88 bits per heavy atom. The van der Waals surface area contributed by atoms with Crippen LogP contribution in [-0.2, 0) is 6.18 Å². The summed E-state index contributed by atoms with van der Waals surface area (Å²) in [5.74, 6) is 0.201. The maximum atomic E-state index is 12.7. The van der Waals surface area contributed by atoms with Crippen molar-refractivity contribution in [1.29, 1.82) is 0 Å². The van der Waals surface area contributed by atoms with Crippen molar-refractivity contribution in [2.75, 3.05) is 5.75 Å². The van der Waals surface area contributed by atoms with Crippen molar-refractivity contribution in [2.24, 2.45) is 0 Å². The first kappa shape index (κ1) is 14.9. The molecule has 1 aromatic carbocycles. The van der Waals surface area contributed by atoms with Crippen molar-refractivity contribution in [3.63, 3.8) is 0 Å². The van der Waals surface area contributed by atoms with Crippen molar-refractivity contribution >= 4 is 27.7 Å². The number of alkyl halides is 3. The Bertz CT molecular complexity index is 399. The zero-order chi connectivity index (χ0) is 13.3. The highest BCUT2D eigenvalue weighted by atomic mass is 79.9. The maximum absolute atomic E-state index is 12.7. The standard InChI is InChI=1S/C11H12BrF3OS/c1-10(2,16)6-17-9-5-7(12)3-4-8(9)11(13,14)15/h3-5,16H,6H2,1-2H3. The van der Waals surface area contributed by atoms with E-state index in [-0.39, 0.29) is 10.6 Å². The molecule has 0 aliphatic heterocycles. The first-order chi connectivity index (χ1) is 7.59. The molecule has 0 aliphatic carbocycles. The fraction of sp³-hybridized carbons (Fsp3) is 0.455. The topological polar surface area (TPSA) is 20.2 Å². The Morgan fingerprint density at radius 3 is 2.35 bits per heavy atom. The van der Waals surface area contributed by atoms with E-state index in [4.69, 9.17) is 0 Å². The van der Waals surface area contributed by atoms with Crippen molar-refractivity contribution in [1.82, 2.24) is 0 Å². The summed E-state index contributed by atoms with van der Waals surface area (Å²) in [6.45, 7) is 3.12. The van der Waals surface area contributed by atoms with E-state index in [0.717, 1.165) is 17.8 Å². The zero-order valence-electron chi connectivity index (χ0n) is 9.31. The van der Waals surface area contributed by atoms with E-state index in [9.17, 15) is 18.3 Å². The minimum absolute atomic E-state index is 0.119. The molecule has 0 atom stereocenters. The Labute approximate surface area is 111 Å². The lowest BCUT2D eigenvalue weighted by atomic mass is 10.2. The molecule has 1 nitrogen and oxygen atoms in total. The molecule has 0 saturated heterocycles. The monoisotopic (exact) mass is 328 g/mol. The van der Waals surface area contributed by atoms with Crippen molar-refractivity contribution in [3.05, 3.63) is 28.2 Å². The van der Waals surface area contributed by atoms with E-state index in [2.05, 4.69) is 15.9 Å². The summed E-state index contributed by atoms with van der Waals surface area (Å²) in [5.41, 5.74) is -1.68. The smallest absolute Gasteiger partial charge is 0.390 e. The van der Waals surface area contributed by atoms with Gasteiger partial charge in [0.15, 0.2) is 0 Å². The minimum Gasteiger partial charge on any atom is -0.390 e. The third-order valence-corrected chi connectivity index (χ3v) is 3.82. The molecule has 0 spiro atoms. The molecule has 17 heavy (non-hydrogen) atoms. The summed E-state index contributed by atoms with van der Waals surface area (Å²) in [6.07, 6.45) is -4.37. The number of hydrogen-bond acceptors (Lipinski definition) is 2. The molecule has 0 aliphatic rings. The first-order valence-electron chi connectivity index (χ1n) is 4.81. The van der Waals surface area contributed by atoms with E-state index < -0.39 is 17.3 Å². The van der Waals surface area contributed by atoms with Crippen LogP contribution in [0.15, 0.2) is 27.6 Å². The molecule has 1 aromatic rings. The summed E-state index contributed by atoms with van der Waals surface area (Å²) < 4.78 is 38.7. The van der Waals surface area contributed by atoms with Crippen LogP contribution in [0.1, 0.15) is 19.4 Å². The normalized spacial score (nSPS) is 12.9. The molecule has 0 radical (unpaired) electrons. The molecule has 6 heteroatoms.